The van der Waals surface area contributed by atoms with Crippen molar-refractivity contribution in [2.24, 2.45) is 0 Å². The van der Waals surface area contributed by atoms with Gasteiger partial charge in [0.2, 0.25) is 5.78 Å². The van der Waals surface area contributed by atoms with Crippen LogP contribution in [0.2, 0.25) is 0 Å². The molecule has 1 N–H and O–H groups in total. The minimum absolute atomic E-state index is 0.0912. The van der Waals surface area contributed by atoms with E-state index in [1.165, 1.54) is 0 Å². The third-order valence-corrected chi connectivity index (χ3v) is 2.76. The van der Waals surface area contributed by atoms with Gasteiger partial charge >= 0.3 is 0 Å². The Balaban J connectivity index is 2.31. The second kappa shape index (κ2) is 6.48. The van der Waals surface area contributed by atoms with Gasteiger partial charge in [-0.3, -0.25) is 4.79 Å². The van der Waals surface area contributed by atoms with Crippen molar-refractivity contribution >= 4 is 11.4 Å². The van der Waals surface area contributed by atoms with E-state index >= 15 is 0 Å². The van der Waals surface area contributed by atoms with Gasteiger partial charge in [-0.1, -0.05) is 61.2 Å². The molecule has 20 heavy (non-hydrogen) atoms. The Kier molecular flexibility index (Phi) is 4.45. The summed E-state index contributed by atoms with van der Waals surface area (Å²) in [5.41, 5.74) is 1.92. The summed E-state index contributed by atoms with van der Waals surface area (Å²) in [5, 5.41) is 0. The van der Waals surface area contributed by atoms with Crippen LogP contribution in [0.3, 0.4) is 0 Å². The van der Waals surface area contributed by atoms with Gasteiger partial charge in [-0.2, -0.15) is 0 Å². The second-order valence-electron chi connectivity index (χ2n) is 4.19. The molecule has 0 saturated heterocycles. The quantitative estimate of drug-likeness (QED) is 0.659. The SMILES string of the molecule is C=C/C=C(\C=C/C)c1nc(C(=O)c2ccccc2)c[nH]1. The summed E-state index contributed by atoms with van der Waals surface area (Å²) < 4.78 is 0. The Morgan fingerprint density at radius 1 is 1.30 bits per heavy atom. The predicted molar refractivity (Wildman–Crippen MR) is 81.5 cm³/mol. The number of rotatable bonds is 5. The zero-order chi connectivity index (χ0) is 14.4. The Bertz CT molecular complexity index is 663. The predicted octanol–water partition coefficient (Wildman–Crippen LogP) is 3.79. The average molecular weight is 264 g/mol. The molecule has 1 aromatic carbocycles. The van der Waals surface area contributed by atoms with E-state index in [-0.39, 0.29) is 5.78 Å². The number of carbonyl (C=O) groups is 1. The third kappa shape index (κ3) is 3.01. The Morgan fingerprint density at radius 2 is 2.05 bits per heavy atom. The highest BCUT2D eigenvalue weighted by molar-refractivity contribution is 6.07. The molecule has 1 aromatic heterocycles. The van der Waals surface area contributed by atoms with E-state index in [0.29, 0.717) is 17.1 Å². The Labute approximate surface area is 118 Å². The molecule has 0 atom stereocenters. The summed E-state index contributed by atoms with van der Waals surface area (Å²) in [6.07, 6.45) is 8.99. The van der Waals surface area contributed by atoms with Crippen molar-refractivity contribution in [3.05, 3.63) is 84.5 Å². The molecule has 0 aliphatic rings. The molecule has 3 nitrogen and oxygen atoms in total. The van der Waals surface area contributed by atoms with Crippen LogP contribution < -0.4 is 0 Å². The number of hydrogen-bond donors (Lipinski definition) is 1. The summed E-state index contributed by atoms with van der Waals surface area (Å²) >= 11 is 0. The highest BCUT2D eigenvalue weighted by Gasteiger charge is 2.13. The molecule has 0 fully saturated rings. The van der Waals surface area contributed by atoms with Gasteiger partial charge in [0.05, 0.1) is 0 Å². The standard InChI is InChI=1S/C17H16N2O/c1-3-8-14(9-4-2)17-18-12-15(19-17)16(20)13-10-6-5-7-11-13/h3-12H,1H2,2H3,(H,18,19)/b9-4-,14-8+. The highest BCUT2D eigenvalue weighted by Crippen LogP contribution is 2.15. The first-order chi connectivity index (χ1) is 9.76. The van der Waals surface area contributed by atoms with Crippen LogP contribution in [-0.4, -0.2) is 15.8 Å². The number of nitrogens with one attached hydrogen (secondary N) is 1. The van der Waals surface area contributed by atoms with Crippen LogP contribution in [-0.2, 0) is 0 Å². The molecule has 0 saturated carbocycles. The maximum absolute atomic E-state index is 12.3. The van der Waals surface area contributed by atoms with Gasteiger partial charge in [0.1, 0.15) is 11.5 Å². The fraction of sp³-hybridized carbons (Fsp3) is 0.0588. The van der Waals surface area contributed by atoms with Crippen LogP contribution in [0, 0.1) is 0 Å². The smallest absolute Gasteiger partial charge is 0.212 e. The van der Waals surface area contributed by atoms with E-state index in [0.717, 1.165) is 5.57 Å². The van der Waals surface area contributed by atoms with Crippen LogP contribution in [0.1, 0.15) is 28.8 Å². The average Bonchev–Trinajstić information content (AvgIpc) is 2.97. The van der Waals surface area contributed by atoms with Crippen LogP contribution >= 0.6 is 0 Å². The van der Waals surface area contributed by atoms with Gasteiger partial charge in [-0.05, 0) is 6.92 Å². The van der Waals surface area contributed by atoms with Crippen molar-refractivity contribution < 1.29 is 4.79 Å². The molecule has 2 rings (SSSR count). The molecule has 0 radical (unpaired) electrons. The van der Waals surface area contributed by atoms with Crippen LogP contribution in [0.25, 0.3) is 5.57 Å². The van der Waals surface area contributed by atoms with E-state index in [9.17, 15) is 4.79 Å². The lowest BCUT2D eigenvalue weighted by molar-refractivity contribution is 0.103. The highest BCUT2D eigenvalue weighted by atomic mass is 16.1. The lowest BCUT2D eigenvalue weighted by atomic mass is 10.1. The lowest BCUT2D eigenvalue weighted by Gasteiger charge is -1.97. The number of carbonyl (C=O) groups excluding carboxylic acids is 1. The normalized spacial score (nSPS) is 11.8. The maximum Gasteiger partial charge on any atom is 0.212 e. The van der Waals surface area contributed by atoms with Crippen molar-refractivity contribution in [2.75, 3.05) is 0 Å². The van der Waals surface area contributed by atoms with E-state index in [2.05, 4.69) is 16.5 Å². The molecule has 0 unspecified atom stereocenters. The first-order valence-electron chi connectivity index (χ1n) is 6.37. The molecule has 100 valence electrons. The minimum atomic E-state index is -0.0912. The second-order valence-corrected chi connectivity index (χ2v) is 4.19. The van der Waals surface area contributed by atoms with Gasteiger partial charge in [-0.15, -0.1) is 0 Å². The number of aromatic amines is 1. The lowest BCUT2D eigenvalue weighted by Crippen LogP contribution is -2.01. The molecular formula is C17H16N2O. The summed E-state index contributed by atoms with van der Waals surface area (Å²) in [7, 11) is 0. The zero-order valence-corrected chi connectivity index (χ0v) is 11.3. The number of hydrogen-bond acceptors (Lipinski definition) is 2. The first kappa shape index (κ1) is 13.7. The number of allylic oxidation sites excluding steroid dienone is 5. The van der Waals surface area contributed by atoms with E-state index < -0.39 is 0 Å². The summed E-state index contributed by atoms with van der Waals surface area (Å²) in [6.45, 7) is 5.61. The molecule has 2 aromatic rings. The van der Waals surface area contributed by atoms with Crippen molar-refractivity contribution in [1.29, 1.82) is 0 Å². The van der Waals surface area contributed by atoms with Gasteiger partial charge in [0.15, 0.2) is 0 Å². The molecule has 0 bridgehead atoms. The fourth-order valence-electron chi connectivity index (χ4n) is 1.84. The fourth-order valence-corrected chi connectivity index (χ4v) is 1.84. The first-order valence-corrected chi connectivity index (χ1v) is 6.37. The summed E-state index contributed by atoms with van der Waals surface area (Å²) in [4.78, 5) is 19.6. The van der Waals surface area contributed by atoms with Crippen molar-refractivity contribution in [3.63, 3.8) is 0 Å². The van der Waals surface area contributed by atoms with Gasteiger partial charge in [0.25, 0.3) is 0 Å². The van der Waals surface area contributed by atoms with Gasteiger partial charge in [0, 0.05) is 17.3 Å². The molecule has 0 spiro atoms. The summed E-state index contributed by atoms with van der Waals surface area (Å²) in [5.74, 6) is 0.564. The van der Waals surface area contributed by atoms with Crippen LogP contribution in [0.15, 0.2) is 67.4 Å². The van der Waals surface area contributed by atoms with Crippen LogP contribution in [0.4, 0.5) is 0 Å². The van der Waals surface area contributed by atoms with Crippen LogP contribution in [0.5, 0.6) is 0 Å². The van der Waals surface area contributed by atoms with Gasteiger partial charge in [-0.25, -0.2) is 4.98 Å². The molecule has 1 heterocycles. The topological polar surface area (TPSA) is 45.8 Å². The third-order valence-electron chi connectivity index (χ3n) is 2.76. The number of imidazole rings is 1. The number of nitrogens with zero attached hydrogens (tertiary/aromatic N) is 1. The van der Waals surface area contributed by atoms with Crippen molar-refractivity contribution in [2.45, 2.75) is 6.92 Å². The maximum atomic E-state index is 12.3. The number of ketones is 1. The van der Waals surface area contributed by atoms with Crippen molar-refractivity contribution in [1.82, 2.24) is 9.97 Å². The molecule has 0 aliphatic heterocycles. The summed E-state index contributed by atoms with van der Waals surface area (Å²) in [6, 6.07) is 9.11. The van der Waals surface area contributed by atoms with Crippen molar-refractivity contribution in [3.8, 4) is 0 Å². The zero-order valence-electron chi connectivity index (χ0n) is 11.3. The minimum Gasteiger partial charge on any atom is -0.344 e. The molecule has 0 amide bonds. The van der Waals surface area contributed by atoms with E-state index in [4.69, 9.17) is 0 Å². The monoisotopic (exact) mass is 264 g/mol. The number of benzene rings is 1. The number of aromatic nitrogens is 2. The number of H-pyrrole nitrogens is 1. The van der Waals surface area contributed by atoms with E-state index in [1.54, 1.807) is 24.4 Å². The Morgan fingerprint density at radius 3 is 2.70 bits per heavy atom. The molecule has 0 aliphatic carbocycles. The van der Waals surface area contributed by atoms with E-state index in [1.807, 2.05) is 43.4 Å². The largest absolute Gasteiger partial charge is 0.344 e. The Hall–Kier alpha value is -2.68. The van der Waals surface area contributed by atoms with Gasteiger partial charge < -0.3 is 4.98 Å². The molecule has 3 heteroatoms. The molecular weight excluding hydrogens is 248 g/mol.